The zero-order valence-corrected chi connectivity index (χ0v) is 43.5. The van der Waals surface area contributed by atoms with Crippen LogP contribution in [0.1, 0.15) is 99.3 Å². The van der Waals surface area contributed by atoms with Crippen molar-refractivity contribution < 1.29 is 81.4 Å². The number of allylic oxidation sites excluding steroid dienone is 1. The van der Waals surface area contributed by atoms with E-state index in [0.29, 0.717) is 25.7 Å². The zero-order valence-electron chi connectivity index (χ0n) is 42.7. The summed E-state index contributed by atoms with van der Waals surface area (Å²) in [5.41, 5.74) is -0.989. The molecular weight excluding hydrogens is 961 g/mol. The Kier molecular flexibility index (Phi) is 15.8. The summed E-state index contributed by atoms with van der Waals surface area (Å²) in [5, 5.41) is 65.8. The molecular formula is C50H74N4O17S. The van der Waals surface area contributed by atoms with Gasteiger partial charge in [0.25, 0.3) is 0 Å². The molecule has 21 nitrogen and oxygen atoms in total. The van der Waals surface area contributed by atoms with Crippen LogP contribution >= 0.6 is 0 Å². The zero-order chi connectivity index (χ0) is 52.4. The van der Waals surface area contributed by atoms with E-state index in [1.807, 2.05) is 13.8 Å². The van der Waals surface area contributed by atoms with Gasteiger partial charge in [-0.25, -0.2) is 17.4 Å². The molecule has 17 atom stereocenters. The monoisotopic (exact) mass is 1030 g/mol. The van der Waals surface area contributed by atoms with Gasteiger partial charge in [-0.15, -0.1) is 0 Å². The van der Waals surface area contributed by atoms with E-state index in [1.165, 1.54) is 43.7 Å². The molecule has 22 heteroatoms. The minimum atomic E-state index is -3.92. The molecule has 5 N–H and O–H groups in total. The first-order chi connectivity index (χ1) is 33.8. The third-order valence-corrected chi connectivity index (χ3v) is 19.2. The Labute approximate surface area is 420 Å². The van der Waals surface area contributed by atoms with Gasteiger partial charge in [0.15, 0.2) is 35.8 Å². The summed E-state index contributed by atoms with van der Waals surface area (Å²) in [6.45, 7) is 10.1. The van der Waals surface area contributed by atoms with Gasteiger partial charge in [-0.05, 0) is 103 Å². The number of aliphatic hydroxyl groups excluding tert-OH is 4. The molecule has 8 rings (SSSR count). The Morgan fingerprint density at radius 2 is 1.60 bits per heavy atom. The molecule has 0 bridgehead atoms. The average molecular weight is 1040 g/mol. The molecule has 2 aliphatic heterocycles. The largest absolute Gasteiger partial charge is 0.456 e. The molecule has 1 aromatic heterocycles. The van der Waals surface area contributed by atoms with Gasteiger partial charge in [-0.3, -0.25) is 14.4 Å². The van der Waals surface area contributed by atoms with Crippen molar-refractivity contribution >= 4 is 44.5 Å². The molecule has 72 heavy (non-hydrogen) atoms. The molecule has 6 aliphatic rings. The number of anilines is 1. The first kappa shape index (κ1) is 54.6. The molecule has 0 spiro atoms. The van der Waals surface area contributed by atoms with Crippen molar-refractivity contribution in [2.45, 2.75) is 171 Å². The van der Waals surface area contributed by atoms with Crippen LogP contribution in [-0.4, -0.2) is 174 Å². The van der Waals surface area contributed by atoms with Crippen LogP contribution in [0.2, 0.25) is 0 Å². The Bertz CT molecular complexity index is 2470. The van der Waals surface area contributed by atoms with Crippen LogP contribution in [0.3, 0.4) is 0 Å². The van der Waals surface area contributed by atoms with Crippen LogP contribution in [0.4, 0.5) is 5.69 Å². The third kappa shape index (κ3) is 9.75. The molecule has 0 amide bonds. The van der Waals surface area contributed by atoms with E-state index >= 15 is 0 Å². The third-order valence-electron chi connectivity index (χ3n) is 17.4. The van der Waals surface area contributed by atoms with Gasteiger partial charge in [0.1, 0.15) is 47.2 Å². The maximum absolute atomic E-state index is 14.2. The van der Waals surface area contributed by atoms with E-state index < -0.39 is 114 Å². The highest BCUT2D eigenvalue weighted by Crippen LogP contribution is 2.69. The van der Waals surface area contributed by atoms with E-state index in [-0.39, 0.29) is 69.0 Å². The molecule has 402 valence electrons. The predicted octanol–water partition coefficient (Wildman–Crippen LogP) is 2.62. The van der Waals surface area contributed by atoms with E-state index in [4.69, 9.17) is 33.1 Å². The fourth-order valence-electron chi connectivity index (χ4n) is 13.2. The summed E-state index contributed by atoms with van der Waals surface area (Å²) in [6, 6.07) is 2.74. The molecule has 3 heterocycles. The molecule has 0 unspecified atom stereocenters. The second-order valence-electron chi connectivity index (χ2n) is 22.3. The SMILES string of the molecule is CC(=O)O[C@H]1[C@@H](O[C@H]2C[C@H]3[C@@H]4CC=C5C[C@@H](O)CC[C@]5(C)[C@H]4CC[C@]3(C)[C@@]2(O)[C@H](C)C(=O)CCC(C)C)OC[C@H](O)[C@@H]1O[C@@H]1OC[C@@H](OC(=O)CN(C)c2ccc(S(=O)(=O)N(C)C)c3nonc23)[C@H](O)[C@H]1O. The highest BCUT2D eigenvalue weighted by molar-refractivity contribution is 7.89. The van der Waals surface area contributed by atoms with Gasteiger partial charge < -0.3 is 58.9 Å². The van der Waals surface area contributed by atoms with E-state index in [1.54, 1.807) is 6.92 Å². The minimum absolute atomic E-state index is 0.0498. The lowest BCUT2D eigenvalue weighted by molar-refractivity contribution is -0.346. The van der Waals surface area contributed by atoms with Crippen LogP contribution in [0.5, 0.6) is 0 Å². The Hall–Kier alpha value is -3.68. The summed E-state index contributed by atoms with van der Waals surface area (Å²) in [7, 11) is 0.328. The van der Waals surface area contributed by atoms with Crippen LogP contribution in [-0.2, 0) is 52.8 Å². The molecule has 4 aliphatic carbocycles. The second-order valence-corrected chi connectivity index (χ2v) is 24.4. The number of aliphatic hydroxyl groups is 5. The molecule has 2 aromatic rings. The quantitative estimate of drug-likeness (QED) is 0.119. The lowest BCUT2D eigenvalue weighted by atomic mass is 9.46. The summed E-state index contributed by atoms with van der Waals surface area (Å²) in [5.74, 6) is -1.97. The van der Waals surface area contributed by atoms with Crippen LogP contribution in [0.25, 0.3) is 11.0 Å². The topological polar surface area (TPSA) is 287 Å². The van der Waals surface area contributed by atoms with Crippen molar-refractivity contribution in [3.8, 4) is 0 Å². The highest BCUT2D eigenvalue weighted by Gasteiger charge is 2.70. The number of esters is 2. The van der Waals surface area contributed by atoms with Crippen molar-refractivity contribution in [3.63, 3.8) is 0 Å². The van der Waals surface area contributed by atoms with Gasteiger partial charge in [-0.2, -0.15) is 0 Å². The normalized spacial score (nSPS) is 38.4. The number of ketones is 1. The number of carbonyl (C=O) groups excluding carboxylic acids is 3. The predicted molar refractivity (Wildman–Crippen MR) is 255 cm³/mol. The Morgan fingerprint density at radius 1 is 0.889 bits per heavy atom. The van der Waals surface area contributed by atoms with Crippen LogP contribution < -0.4 is 4.90 Å². The first-order valence-electron chi connectivity index (χ1n) is 25.3. The summed E-state index contributed by atoms with van der Waals surface area (Å²) < 4.78 is 67.9. The van der Waals surface area contributed by atoms with Crippen molar-refractivity contribution in [2.24, 2.45) is 40.4 Å². The second kappa shape index (κ2) is 20.8. The standard InChI is InChI=1S/C50H74N4O17S/c1-25(2)10-14-34(57)26(3)50(62)38(21-32-30-12-11-28-20-29(56)16-18-48(28,5)31(30)17-19-49(32,50)6)69-47-45(67-27(4)55)44(35(58)23-65-47)70-46-43(61)42(60)36(24-66-46)68-39(59)22-54(9)33-13-15-37(72(63,64)53(7)8)41-40(33)51-71-52-41/h11,13,15,25-26,29-32,35-36,38,42-47,56,58,60-62H,10,12,14,16-24H2,1-9H3/t26-,29+,30-,31+,32+,35+,36-,38+,42+,43-,44+,45-,46+,47-,48+,49+,50-/m1/s1. The van der Waals surface area contributed by atoms with E-state index in [9.17, 15) is 48.3 Å². The molecule has 1 aromatic carbocycles. The molecule has 5 fully saturated rings. The highest BCUT2D eigenvalue weighted by atomic mass is 32.2. The lowest BCUT2D eigenvalue weighted by Gasteiger charge is -2.59. The fourth-order valence-corrected chi connectivity index (χ4v) is 14.2. The number of sulfonamides is 1. The smallest absolute Gasteiger partial charge is 0.325 e. The van der Waals surface area contributed by atoms with Crippen LogP contribution in [0, 0.1) is 40.4 Å². The number of rotatable bonds is 16. The number of Topliss-reactive ketones (excluding diaryl/α,β-unsaturated/α-hetero) is 1. The first-order valence-corrected chi connectivity index (χ1v) is 26.7. The molecule has 0 radical (unpaired) electrons. The average Bonchev–Trinajstić information content (AvgIpc) is 3.90. The van der Waals surface area contributed by atoms with Crippen LogP contribution in [0.15, 0.2) is 33.3 Å². The van der Waals surface area contributed by atoms with Crippen molar-refractivity contribution in [2.75, 3.05) is 45.8 Å². The van der Waals surface area contributed by atoms with Crippen molar-refractivity contribution in [1.82, 2.24) is 14.6 Å². The lowest BCUT2D eigenvalue weighted by Crippen LogP contribution is -2.64. The number of ether oxygens (including phenoxy) is 6. The number of benzene rings is 1. The summed E-state index contributed by atoms with van der Waals surface area (Å²) in [4.78, 5) is 41.6. The maximum Gasteiger partial charge on any atom is 0.325 e. The summed E-state index contributed by atoms with van der Waals surface area (Å²) >= 11 is 0. The maximum atomic E-state index is 14.2. The van der Waals surface area contributed by atoms with Gasteiger partial charge in [0.2, 0.25) is 10.0 Å². The Balaban J connectivity index is 0.979. The van der Waals surface area contributed by atoms with E-state index in [2.05, 4.69) is 30.2 Å². The van der Waals surface area contributed by atoms with E-state index in [0.717, 1.165) is 36.9 Å². The van der Waals surface area contributed by atoms with Gasteiger partial charge in [0.05, 0.1) is 31.1 Å². The number of likely N-dealkylation sites (N-methyl/N-ethyl adjacent to an activating group) is 1. The fraction of sp³-hybridized carbons (Fsp3) is 0.780. The Morgan fingerprint density at radius 3 is 2.29 bits per heavy atom. The van der Waals surface area contributed by atoms with Crippen molar-refractivity contribution in [1.29, 1.82) is 0 Å². The van der Waals surface area contributed by atoms with Crippen molar-refractivity contribution in [3.05, 3.63) is 23.8 Å². The molecule has 3 saturated carbocycles. The number of hydrogen-bond acceptors (Lipinski definition) is 20. The number of carbonyl (C=O) groups is 3. The minimum Gasteiger partial charge on any atom is -0.456 e. The number of nitrogens with zero attached hydrogens (tertiary/aromatic N) is 4. The summed E-state index contributed by atoms with van der Waals surface area (Å²) in [6.07, 6.45) is -5.92. The van der Waals surface area contributed by atoms with Gasteiger partial charge >= 0.3 is 11.9 Å². The number of aromatic nitrogens is 2. The van der Waals surface area contributed by atoms with Gasteiger partial charge in [-0.1, -0.05) is 46.3 Å². The molecule has 2 saturated heterocycles. The number of fused-ring (bicyclic) bond motifs is 6. The number of hydrogen-bond donors (Lipinski definition) is 5. The van der Waals surface area contributed by atoms with Gasteiger partial charge in [0, 0.05) is 45.8 Å².